The lowest BCUT2D eigenvalue weighted by Gasteiger charge is -2.22. The van der Waals surface area contributed by atoms with E-state index < -0.39 is 15.1 Å². The predicted octanol–water partition coefficient (Wildman–Crippen LogP) is 2.96. The van der Waals surface area contributed by atoms with Crippen LogP contribution < -0.4 is 5.32 Å². The number of benzene rings is 2. The van der Waals surface area contributed by atoms with E-state index in [1.807, 2.05) is 0 Å². The van der Waals surface area contributed by atoms with Gasteiger partial charge in [-0.25, -0.2) is 8.42 Å². The van der Waals surface area contributed by atoms with E-state index >= 15 is 0 Å². The van der Waals surface area contributed by atoms with Crippen LogP contribution in [0, 0.1) is 0 Å². The summed E-state index contributed by atoms with van der Waals surface area (Å²) in [5, 5.41) is 2.27. The number of anilines is 2. The highest BCUT2D eigenvalue weighted by atomic mass is 35.5. The van der Waals surface area contributed by atoms with E-state index in [1.165, 1.54) is 24.3 Å². The van der Waals surface area contributed by atoms with Crippen molar-refractivity contribution in [1.29, 1.82) is 0 Å². The summed E-state index contributed by atoms with van der Waals surface area (Å²) in [6, 6.07) is 11.0. The van der Waals surface area contributed by atoms with Crippen molar-refractivity contribution in [2.24, 2.45) is 0 Å². The molecule has 2 aromatic rings. The smallest absolute Gasteiger partial charge is 0.254 e. The zero-order chi connectivity index (χ0) is 13.6. The average molecular weight is 294 g/mol. The number of sulfone groups is 1. The number of halogens is 1. The van der Waals surface area contributed by atoms with Gasteiger partial charge in [-0.3, -0.25) is 4.79 Å². The average Bonchev–Trinajstić information content (AvgIpc) is 2.38. The second-order valence-electron chi connectivity index (χ2n) is 4.08. The van der Waals surface area contributed by atoms with Crippen LogP contribution in [0.1, 0.15) is 10.4 Å². The third kappa shape index (κ3) is 1.74. The number of rotatable bonds is 1. The molecule has 96 valence electrons. The van der Waals surface area contributed by atoms with Gasteiger partial charge in [0.2, 0.25) is 9.84 Å². The summed E-state index contributed by atoms with van der Waals surface area (Å²) in [6.45, 7) is 0. The molecule has 0 amide bonds. The lowest BCUT2D eigenvalue weighted by Crippen LogP contribution is -2.15. The van der Waals surface area contributed by atoms with Crippen molar-refractivity contribution in [2.45, 2.75) is 9.79 Å². The Kier molecular flexibility index (Phi) is 2.62. The maximum atomic E-state index is 12.5. The topological polar surface area (TPSA) is 63.2 Å². The molecule has 4 nitrogen and oxygen atoms in total. The van der Waals surface area contributed by atoms with Crippen molar-refractivity contribution in [3.63, 3.8) is 0 Å². The van der Waals surface area contributed by atoms with Gasteiger partial charge in [0.25, 0.3) is 5.24 Å². The van der Waals surface area contributed by atoms with Gasteiger partial charge in [-0.05, 0) is 35.9 Å². The van der Waals surface area contributed by atoms with Gasteiger partial charge in [0.05, 0.1) is 26.7 Å². The lowest BCUT2D eigenvalue weighted by molar-refractivity contribution is 0.108. The molecule has 0 spiro atoms. The molecule has 2 aromatic carbocycles. The molecule has 1 N–H and O–H groups in total. The Balaban J connectivity index is 2.37. The summed E-state index contributed by atoms with van der Waals surface area (Å²) < 4.78 is 25.0. The summed E-state index contributed by atoms with van der Waals surface area (Å²) >= 11 is 5.49. The first-order valence-electron chi connectivity index (χ1n) is 5.46. The SMILES string of the molecule is O=C(Cl)c1cccc2c1Nc1ccccc1S2(=O)=O. The molecule has 0 aromatic heterocycles. The highest BCUT2D eigenvalue weighted by Gasteiger charge is 2.31. The van der Waals surface area contributed by atoms with Gasteiger partial charge in [-0.1, -0.05) is 18.2 Å². The molecule has 19 heavy (non-hydrogen) atoms. The molecule has 0 atom stereocenters. The Morgan fingerprint density at radius 2 is 1.68 bits per heavy atom. The first kappa shape index (κ1) is 12.2. The third-order valence-corrected chi connectivity index (χ3v) is 5.02. The fourth-order valence-corrected chi connectivity index (χ4v) is 3.85. The number of nitrogens with one attached hydrogen (secondary N) is 1. The number of hydrogen-bond donors (Lipinski definition) is 1. The Morgan fingerprint density at radius 3 is 2.42 bits per heavy atom. The van der Waals surface area contributed by atoms with Crippen molar-refractivity contribution < 1.29 is 13.2 Å². The molecule has 1 aliphatic heterocycles. The van der Waals surface area contributed by atoms with Gasteiger partial charge in [0.1, 0.15) is 0 Å². The van der Waals surface area contributed by atoms with Gasteiger partial charge in [0, 0.05) is 0 Å². The van der Waals surface area contributed by atoms with Crippen LogP contribution in [0.5, 0.6) is 0 Å². The minimum Gasteiger partial charge on any atom is -0.353 e. The van der Waals surface area contributed by atoms with Crippen LogP contribution in [0.3, 0.4) is 0 Å². The molecule has 0 unspecified atom stereocenters. The Labute approximate surface area is 114 Å². The quantitative estimate of drug-likeness (QED) is 0.701. The van der Waals surface area contributed by atoms with Crippen LogP contribution in [0.2, 0.25) is 0 Å². The summed E-state index contributed by atoms with van der Waals surface area (Å²) in [4.78, 5) is 11.6. The molecular weight excluding hydrogens is 286 g/mol. The van der Waals surface area contributed by atoms with Gasteiger partial charge < -0.3 is 5.32 Å². The van der Waals surface area contributed by atoms with Crippen LogP contribution in [-0.4, -0.2) is 13.7 Å². The number of carbonyl (C=O) groups excluding carboxylic acids is 1. The monoisotopic (exact) mass is 293 g/mol. The van der Waals surface area contributed by atoms with Crippen molar-refractivity contribution >= 4 is 38.1 Å². The molecule has 3 rings (SSSR count). The minimum atomic E-state index is -3.63. The number of para-hydroxylation sites is 2. The fourth-order valence-electron chi connectivity index (χ4n) is 2.11. The minimum absolute atomic E-state index is 0.0673. The number of carbonyl (C=O) groups is 1. The maximum Gasteiger partial charge on any atom is 0.254 e. The summed E-state index contributed by atoms with van der Waals surface area (Å²) in [5.74, 6) is 0. The molecule has 0 fully saturated rings. The molecular formula is C13H8ClNO3S. The van der Waals surface area contributed by atoms with Crippen molar-refractivity contribution in [3.05, 3.63) is 48.0 Å². The first-order valence-corrected chi connectivity index (χ1v) is 7.32. The van der Waals surface area contributed by atoms with Crippen LogP contribution in [0.15, 0.2) is 52.3 Å². The first-order chi connectivity index (χ1) is 9.01. The van der Waals surface area contributed by atoms with E-state index in [9.17, 15) is 13.2 Å². The van der Waals surface area contributed by atoms with E-state index in [0.29, 0.717) is 5.69 Å². The molecule has 1 aliphatic rings. The molecule has 0 aliphatic carbocycles. The molecule has 1 heterocycles. The normalized spacial score (nSPS) is 15.0. The van der Waals surface area contributed by atoms with Crippen molar-refractivity contribution in [2.75, 3.05) is 5.32 Å². The van der Waals surface area contributed by atoms with E-state index in [0.717, 1.165) is 0 Å². The van der Waals surface area contributed by atoms with E-state index in [2.05, 4.69) is 5.32 Å². The molecule has 0 saturated heterocycles. The van der Waals surface area contributed by atoms with Gasteiger partial charge in [0.15, 0.2) is 0 Å². The van der Waals surface area contributed by atoms with E-state index in [-0.39, 0.29) is 21.0 Å². The highest BCUT2D eigenvalue weighted by Crippen LogP contribution is 2.41. The van der Waals surface area contributed by atoms with Crippen molar-refractivity contribution in [1.82, 2.24) is 0 Å². The third-order valence-electron chi connectivity index (χ3n) is 2.96. The Morgan fingerprint density at radius 1 is 1.00 bits per heavy atom. The zero-order valence-corrected chi connectivity index (χ0v) is 11.1. The van der Waals surface area contributed by atoms with Crippen LogP contribution in [-0.2, 0) is 9.84 Å². The van der Waals surface area contributed by atoms with Crippen molar-refractivity contribution in [3.8, 4) is 0 Å². The standard InChI is InChI=1S/C13H8ClNO3S/c14-13(16)8-4-3-7-11-12(8)15-9-5-1-2-6-10(9)19(11,17)18/h1-7,15H. The molecule has 0 bridgehead atoms. The van der Waals surface area contributed by atoms with E-state index in [4.69, 9.17) is 11.6 Å². The van der Waals surface area contributed by atoms with Gasteiger partial charge >= 0.3 is 0 Å². The largest absolute Gasteiger partial charge is 0.353 e. The van der Waals surface area contributed by atoms with Gasteiger partial charge in [-0.15, -0.1) is 0 Å². The molecule has 6 heteroatoms. The second kappa shape index (κ2) is 4.08. The summed E-state index contributed by atoms with van der Waals surface area (Å²) in [5.41, 5.74) is 0.832. The maximum absolute atomic E-state index is 12.5. The predicted molar refractivity (Wildman–Crippen MR) is 71.8 cm³/mol. The lowest BCUT2D eigenvalue weighted by atomic mass is 10.1. The Hall–Kier alpha value is -1.85. The van der Waals surface area contributed by atoms with E-state index in [1.54, 1.807) is 18.2 Å². The molecule has 0 saturated carbocycles. The van der Waals surface area contributed by atoms with Gasteiger partial charge in [-0.2, -0.15) is 0 Å². The van der Waals surface area contributed by atoms with Crippen LogP contribution in [0.4, 0.5) is 11.4 Å². The van der Waals surface area contributed by atoms with Crippen LogP contribution >= 0.6 is 11.6 Å². The summed E-state index contributed by atoms with van der Waals surface area (Å²) in [6.07, 6.45) is 0. The fraction of sp³-hybridized carbons (Fsp3) is 0. The highest BCUT2D eigenvalue weighted by molar-refractivity contribution is 7.92. The zero-order valence-electron chi connectivity index (χ0n) is 9.55. The Bertz CT molecular complexity index is 799. The second-order valence-corrected chi connectivity index (χ2v) is 6.31. The number of fused-ring (bicyclic) bond motifs is 2. The van der Waals surface area contributed by atoms with Crippen LogP contribution in [0.25, 0.3) is 0 Å². The number of hydrogen-bond acceptors (Lipinski definition) is 4. The molecule has 0 radical (unpaired) electrons. The summed E-state index contributed by atoms with van der Waals surface area (Å²) in [7, 11) is -3.63.